The van der Waals surface area contributed by atoms with Gasteiger partial charge in [-0.25, -0.2) is 0 Å². The molecule has 2 nitrogen and oxygen atoms in total. The van der Waals surface area contributed by atoms with Crippen LogP contribution in [-0.4, -0.2) is 13.2 Å². The Balaban J connectivity index is 3.10. The fourth-order valence-corrected chi connectivity index (χ4v) is 8.28. The monoisotopic (exact) mass is 580 g/mol. The predicted molar refractivity (Wildman–Crippen MR) is 97.8 cm³/mol. The van der Waals surface area contributed by atoms with Crippen LogP contribution in [0.3, 0.4) is 0 Å². The molecule has 8 heteroatoms. The zero-order valence-electron chi connectivity index (χ0n) is 9.17. The lowest BCUT2D eigenvalue weighted by Crippen LogP contribution is -2.09. The van der Waals surface area contributed by atoms with Crippen molar-refractivity contribution in [2.24, 2.45) is 0 Å². The number of thiophene rings is 1. The summed E-state index contributed by atoms with van der Waals surface area (Å²) in [6, 6.07) is 0. The molecule has 0 aliphatic heterocycles. The number of ether oxygens (including phenoxy) is 2. The lowest BCUT2D eigenvalue weighted by atomic mass is 10.3. The fraction of sp³-hybridized carbons (Fsp3) is 0.556. The Morgan fingerprint density at radius 3 is 2.12 bits per heavy atom. The summed E-state index contributed by atoms with van der Waals surface area (Å²) in [5, 5.41) is 0. The second kappa shape index (κ2) is 9.24. The Morgan fingerprint density at radius 2 is 1.71 bits per heavy atom. The zero-order chi connectivity index (χ0) is 12.8. The van der Waals surface area contributed by atoms with Crippen molar-refractivity contribution in [3.05, 3.63) is 10.0 Å². The first kappa shape index (κ1) is 17.3. The van der Waals surface area contributed by atoms with E-state index < -0.39 is 0 Å². The normalized spacial score (nSPS) is 11.4. The van der Waals surface area contributed by atoms with E-state index in [2.05, 4.69) is 58.3 Å². The number of hydrogen-bond acceptors (Lipinski definition) is 5. The highest BCUT2D eigenvalue weighted by Gasteiger charge is 2.24. The van der Waals surface area contributed by atoms with Crippen molar-refractivity contribution in [2.45, 2.75) is 28.6 Å². The van der Waals surface area contributed by atoms with Gasteiger partial charge in [0.05, 0.1) is 12.9 Å². The van der Waals surface area contributed by atoms with Crippen molar-refractivity contribution in [1.29, 1.82) is 0 Å². The Labute approximate surface area is 147 Å². The van der Waals surface area contributed by atoms with Crippen LogP contribution in [0, 0.1) is 0 Å². The van der Waals surface area contributed by atoms with Crippen molar-refractivity contribution in [3.8, 4) is 0 Å². The molecule has 0 fully saturated rings. The van der Waals surface area contributed by atoms with Gasteiger partial charge in [0.25, 0.3) is 0 Å². The first-order valence-corrected chi connectivity index (χ1v) is 13.1. The molecule has 0 saturated heterocycles. The molecule has 0 atom stereocenters. The highest BCUT2D eigenvalue weighted by atomic mass is 127. The Bertz CT molecular complexity index is 356. The van der Waals surface area contributed by atoms with E-state index in [1.165, 1.54) is 8.42 Å². The Kier molecular flexibility index (Phi) is 9.41. The lowest BCUT2D eigenvalue weighted by Gasteiger charge is -2.17. The van der Waals surface area contributed by atoms with Gasteiger partial charge in [-0.2, -0.15) is 0 Å². The first-order chi connectivity index (χ1) is 8.19. The third-order valence-electron chi connectivity index (χ3n) is 1.83. The van der Waals surface area contributed by atoms with Crippen LogP contribution < -0.4 is 0 Å². The van der Waals surface area contributed by atoms with Gasteiger partial charge >= 0.3 is 0 Å². The zero-order valence-corrected chi connectivity index (χ0v) is 17.5. The van der Waals surface area contributed by atoms with Gasteiger partial charge < -0.3 is 9.47 Å². The van der Waals surface area contributed by atoms with Crippen LogP contribution in [0.5, 0.6) is 0 Å². The number of rotatable bonds is 7. The smallest absolute Gasteiger partial charge is 0.186 e. The fourth-order valence-electron chi connectivity index (χ4n) is 1.21. The summed E-state index contributed by atoms with van der Waals surface area (Å²) >= 11 is 10.0. The second-order valence-electron chi connectivity index (χ2n) is 2.80. The predicted octanol–water partition coefficient (Wildman–Crippen LogP) is 6.47. The summed E-state index contributed by atoms with van der Waals surface area (Å²) in [5.41, 5.74) is 1.12. The average molecular weight is 581 g/mol. The SMILES string of the molecule is CCOC(OCC)c1c(SI)sc(SI)c1Br. The second-order valence-corrected chi connectivity index (χ2v) is 8.90. The quantitative estimate of drug-likeness (QED) is 0.272. The Morgan fingerprint density at radius 1 is 1.18 bits per heavy atom. The molecule has 0 spiro atoms. The molecular weight excluding hydrogens is 570 g/mol. The summed E-state index contributed by atoms with van der Waals surface area (Å²) in [7, 11) is 3.42. The van der Waals surface area contributed by atoms with Crippen molar-refractivity contribution >= 4 is 87.5 Å². The molecule has 1 rings (SSSR count). The van der Waals surface area contributed by atoms with Gasteiger partial charge in [0, 0.05) is 61.2 Å². The number of halogens is 3. The van der Waals surface area contributed by atoms with Gasteiger partial charge in [0.2, 0.25) is 0 Å². The van der Waals surface area contributed by atoms with Crippen LogP contribution in [0.15, 0.2) is 12.9 Å². The maximum atomic E-state index is 5.68. The van der Waals surface area contributed by atoms with Crippen LogP contribution in [0.1, 0.15) is 25.7 Å². The third kappa shape index (κ3) is 4.64. The molecular formula is C9H11BrI2O2S3. The first-order valence-electron chi connectivity index (χ1n) is 4.82. The molecule has 0 saturated carbocycles. The van der Waals surface area contributed by atoms with Crippen LogP contribution in [0.25, 0.3) is 0 Å². The van der Waals surface area contributed by atoms with E-state index in [0.717, 1.165) is 10.0 Å². The maximum absolute atomic E-state index is 5.68. The molecule has 1 heterocycles. The molecule has 0 radical (unpaired) electrons. The molecule has 0 aromatic carbocycles. The highest BCUT2D eigenvalue weighted by molar-refractivity contribution is 14.2. The average Bonchev–Trinajstić information content (AvgIpc) is 2.65. The van der Waals surface area contributed by atoms with Crippen LogP contribution in [0.4, 0.5) is 0 Å². The maximum Gasteiger partial charge on any atom is 0.186 e. The summed E-state index contributed by atoms with van der Waals surface area (Å²) in [6.07, 6.45) is -0.273. The Hall–Kier alpha value is 2.26. The molecule has 0 amide bonds. The van der Waals surface area contributed by atoms with Gasteiger partial charge in [-0.3, -0.25) is 0 Å². The van der Waals surface area contributed by atoms with E-state index in [-0.39, 0.29) is 6.29 Å². The molecule has 1 aromatic heterocycles. The van der Waals surface area contributed by atoms with E-state index >= 15 is 0 Å². The molecule has 0 unspecified atom stereocenters. The molecule has 0 bridgehead atoms. The van der Waals surface area contributed by atoms with Gasteiger partial charge in [-0.1, -0.05) is 0 Å². The van der Waals surface area contributed by atoms with E-state index in [9.17, 15) is 0 Å². The summed E-state index contributed by atoms with van der Waals surface area (Å²) in [4.78, 5) is 0. The summed E-state index contributed by atoms with van der Waals surface area (Å²) < 4.78 is 14.9. The van der Waals surface area contributed by atoms with Crippen LogP contribution in [0.2, 0.25) is 0 Å². The summed E-state index contributed by atoms with van der Waals surface area (Å²) in [5.74, 6) is 0. The van der Waals surface area contributed by atoms with Crippen molar-refractivity contribution in [3.63, 3.8) is 0 Å². The van der Waals surface area contributed by atoms with E-state index in [1.807, 2.05) is 13.8 Å². The minimum atomic E-state index is -0.273. The van der Waals surface area contributed by atoms with E-state index in [4.69, 9.17) is 9.47 Å². The lowest BCUT2D eigenvalue weighted by molar-refractivity contribution is -0.141. The third-order valence-corrected chi connectivity index (χ3v) is 10.1. The molecule has 0 aliphatic carbocycles. The van der Waals surface area contributed by atoms with Gasteiger partial charge in [0.1, 0.15) is 0 Å². The molecule has 0 N–H and O–H groups in total. The standard InChI is InChI=1S/C9H11BrI2O2S3/c1-3-13-7(14-4-2)5-6(10)9(17-12)15-8(5)16-11/h7H,3-4H2,1-2H3. The molecule has 98 valence electrons. The molecule has 17 heavy (non-hydrogen) atoms. The van der Waals surface area contributed by atoms with E-state index in [0.29, 0.717) is 13.2 Å². The molecule has 1 aromatic rings. The largest absolute Gasteiger partial charge is 0.349 e. The van der Waals surface area contributed by atoms with Gasteiger partial charge in [0.15, 0.2) is 6.29 Å². The van der Waals surface area contributed by atoms with Gasteiger partial charge in [-0.15, -0.1) is 11.3 Å². The molecule has 0 aliphatic rings. The van der Waals surface area contributed by atoms with Crippen LogP contribution >= 0.6 is 87.5 Å². The minimum Gasteiger partial charge on any atom is -0.349 e. The summed E-state index contributed by atoms with van der Waals surface area (Å²) in [6.45, 7) is 5.25. The van der Waals surface area contributed by atoms with Crippen molar-refractivity contribution in [2.75, 3.05) is 13.2 Å². The van der Waals surface area contributed by atoms with Crippen LogP contribution in [-0.2, 0) is 9.47 Å². The minimum absolute atomic E-state index is 0.273. The highest BCUT2D eigenvalue weighted by Crippen LogP contribution is 2.50. The number of hydrogen-bond donors (Lipinski definition) is 0. The van der Waals surface area contributed by atoms with E-state index in [1.54, 1.807) is 29.2 Å². The van der Waals surface area contributed by atoms with Crippen molar-refractivity contribution < 1.29 is 9.47 Å². The topological polar surface area (TPSA) is 18.5 Å². The van der Waals surface area contributed by atoms with Crippen molar-refractivity contribution in [1.82, 2.24) is 0 Å². The van der Waals surface area contributed by atoms with Gasteiger partial charge in [-0.05, 0) is 47.6 Å².